The number of rotatable bonds is 6. The van der Waals surface area contributed by atoms with Crippen LogP contribution >= 0.6 is 11.3 Å². The zero-order chi connectivity index (χ0) is 19.6. The summed E-state index contributed by atoms with van der Waals surface area (Å²) >= 11 is 1.52. The van der Waals surface area contributed by atoms with Gasteiger partial charge in [0.25, 0.3) is 10.0 Å². The van der Waals surface area contributed by atoms with Gasteiger partial charge in [-0.1, -0.05) is 12.1 Å². The average molecular weight is 405 g/mol. The first-order valence-corrected chi connectivity index (χ1v) is 10.5. The fraction of sp³-hybridized carbons (Fsp3) is 0.211. The minimum atomic E-state index is -3.80. The van der Waals surface area contributed by atoms with Crippen molar-refractivity contribution in [1.82, 2.24) is 4.98 Å². The van der Waals surface area contributed by atoms with E-state index in [1.165, 1.54) is 25.6 Å². The molecule has 0 bridgehead atoms. The maximum Gasteiger partial charge on any atom is 0.262 e. The molecule has 0 radical (unpaired) electrons. The lowest BCUT2D eigenvalue weighted by Crippen LogP contribution is -2.14. The molecule has 1 N–H and O–H groups in total. The summed E-state index contributed by atoms with van der Waals surface area (Å²) in [5.41, 5.74) is 2.53. The van der Waals surface area contributed by atoms with Gasteiger partial charge in [0.1, 0.15) is 11.5 Å². The van der Waals surface area contributed by atoms with E-state index in [4.69, 9.17) is 9.47 Å². The van der Waals surface area contributed by atoms with E-state index in [0.717, 1.165) is 16.3 Å². The van der Waals surface area contributed by atoms with E-state index < -0.39 is 10.0 Å². The zero-order valence-corrected chi connectivity index (χ0v) is 17.1. The minimum Gasteiger partial charge on any atom is -0.497 e. The second-order valence-electron chi connectivity index (χ2n) is 5.94. The number of thiazole rings is 1. The topological polar surface area (TPSA) is 77.5 Å². The molecule has 0 atom stereocenters. The van der Waals surface area contributed by atoms with Crippen molar-refractivity contribution in [3.05, 3.63) is 52.3 Å². The molecule has 0 saturated carbocycles. The van der Waals surface area contributed by atoms with Gasteiger partial charge in [-0.15, -0.1) is 11.3 Å². The van der Waals surface area contributed by atoms with Gasteiger partial charge in [0, 0.05) is 29.1 Å². The number of aromatic nitrogens is 1. The predicted molar refractivity (Wildman–Crippen MR) is 107 cm³/mol. The zero-order valence-electron chi connectivity index (χ0n) is 15.4. The fourth-order valence-corrected chi connectivity index (χ4v) is 4.56. The highest BCUT2D eigenvalue weighted by Gasteiger charge is 2.19. The molecule has 3 rings (SSSR count). The standard InChI is InChI=1S/C19H20N2O4S2/c1-12-5-6-14(18-11-26-13(2)20-18)7-19(12)27(22,23)21-15-8-16(24-3)10-17(9-15)25-4/h5-11,21H,1-4H3. The first-order valence-electron chi connectivity index (χ1n) is 8.11. The van der Waals surface area contributed by atoms with Gasteiger partial charge in [0.05, 0.1) is 35.5 Å². The number of hydrogen-bond acceptors (Lipinski definition) is 6. The molecule has 3 aromatic rings. The molecular weight excluding hydrogens is 384 g/mol. The molecule has 0 amide bonds. The molecule has 0 fully saturated rings. The quantitative estimate of drug-likeness (QED) is 0.665. The number of hydrogen-bond donors (Lipinski definition) is 1. The van der Waals surface area contributed by atoms with E-state index in [-0.39, 0.29) is 4.90 Å². The smallest absolute Gasteiger partial charge is 0.262 e. The Morgan fingerprint density at radius 3 is 2.22 bits per heavy atom. The summed E-state index contributed by atoms with van der Waals surface area (Å²) < 4.78 is 39.0. The molecule has 6 nitrogen and oxygen atoms in total. The number of sulfonamides is 1. The maximum absolute atomic E-state index is 13.0. The minimum absolute atomic E-state index is 0.201. The van der Waals surface area contributed by atoms with E-state index in [1.54, 1.807) is 37.3 Å². The summed E-state index contributed by atoms with van der Waals surface area (Å²) in [4.78, 5) is 4.63. The van der Waals surface area contributed by atoms with Gasteiger partial charge in [0.2, 0.25) is 0 Å². The Balaban J connectivity index is 2.00. The van der Waals surface area contributed by atoms with Crippen molar-refractivity contribution >= 4 is 27.0 Å². The predicted octanol–water partition coefficient (Wildman–Crippen LogP) is 4.24. The molecule has 142 valence electrons. The number of anilines is 1. The monoisotopic (exact) mass is 404 g/mol. The van der Waals surface area contributed by atoms with Crippen LogP contribution in [0.3, 0.4) is 0 Å². The first-order chi connectivity index (χ1) is 12.8. The van der Waals surface area contributed by atoms with Gasteiger partial charge in [-0.3, -0.25) is 4.72 Å². The molecule has 1 aromatic heterocycles. The normalized spacial score (nSPS) is 11.3. The Morgan fingerprint density at radius 2 is 1.67 bits per heavy atom. The van der Waals surface area contributed by atoms with E-state index in [2.05, 4.69) is 9.71 Å². The van der Waals surface area contributed by atoms with E-state index in [0.29, 0.717) is 22.7 Å². The van der Waals surface area contributed by atoms with E-state index >= 15 is 0 Å². The molecule has 0 saturated heterocycles. The highest BCUT2D eigenvalue weighted by molar-refractivity contribution is 7.92. The lowest BCUT2D eigenvalue weighted by atomic mass is 10.1. The van der Waals surface area contributed by atoms with Crippen LogP contribution in [0.4, 0.5) is 5.69 Å². The van der Waals surface area contributed by atoms with Crippen molar-refractivity contribution in [2.75, 3.05) is 18.9 Å². The third-order valence-electron chi connectivity index (χ3n) is 4.00. The highest BCUT2D eigenvalue weighted by atomic mass is 32.2. The molecule has 0 aliphatic heterocycles. The van der Waals surface area contributed by atoms with Crippen molar-refractivity contribution in [3.63, 3.8) is 0 Å². The maximum atomic E-state index is 13.0. The Labute approximate surface area is 162 Å². The summed E-state index contributed by atoms with van der Waals surface area (Å²) in [6, 6.07) is 10.2. The third-order valence-corrected chi connectivity index (χ3v) is 6.29. The number of nitrogens with zero attached hydrogens (tertiary/aromatic N) is 1. The molecule has 0 spiro atoms. The molecule has 0 aliphatic carbocycles. The van der Waals surface area contributed by atoms with Crippen LogP contribution in [0.5, 0.6) is 11.5 Å². The fourth-order valence-electron chi connectivity index (χ4n) is 2.62. The average Bonchev–Trinajstić information content (AvgIpc) is 3.07. The summed E-state index contributed by atoms with van der Waals surface area (Å²) in [6.07, 6.45) is 0. The molecule has 0 aliphatic rings. The van der Waals surface area contributed by atoms with Crippen molar-refractivity contribution in [2.24, 2.45) is 0 Å². The SMILES string of the molecule is COc1cc(NS(=O)(=O)c2cc(-c3csc(C)n3)ccc2C)cc(OC)c1. The lowest BCUT2D eigenvalue weighted by molar-refractivity contribution is 0.395. The van der Waals surface area contributed by atoms with Crippen LogP contribution in [0.15, 0.2) is 46.7 Å². The van der Waals surface area contributed by atoms with Gasteiger partial charge < -0.3 is 9.47 Å². The first kappa shape index (κ1) is 19.2. The summed E-state index contributed by atoms with van der Waals surface area (Å²) in [6.45, 7) is 3.68. The van der Waals surface area contributed by atoms with Crippen molar-refractivity contribution < 1.29 is 17.9 Å². The largest absolute Gasteiger partial charge is 0.497 e. The summed E-state index contributed by atoms with van der Waals surface area (Å²) in [5.74, 6) is 0.992. The number of aryl methyl sites for hydroxylation is 2. The highest BCUT2D eigenvalue weighted by Crippen LogP contribution is 2.30. The van der Waals surface area contributed by atoms with Crippen LogP contribution in [0, 0.1) is 13.8 Å². The molecular formula is C19H20N2O4S2. The number of benzene rings is 2. The van der Waals surface area contributed by atoms with Crippen LogP contribution in [-0.4, -0.2) is 27.6 Å². The lowest BCUT2D eigenvalue weighted by Gasteiger charge is -2.13. The molecule has 1 heterocycles. The second kappa shape index (κ2) is 7.58. The van der Waals surface area contributed by atoms with Gasteiger partial charge in [-0.2, -0.15) is 0 Å². The van der Waals surface area contributed by atoms with Gasteiger partial charge in [-0.05, 0) is 25.5 Å². The Kier molecular flexibility index (Phi) is 5.38. The van der Waals surface area contributed by atoms with Gasteiger partial charge in [-0.25, -0.2) is 13.4 Å². The Hall–Kier alpha value is -2.58. The van der Waals surface area contributed by atoms with Crippen LogP contribution in [-0.2, 0) is 10.0 Å². The van der Waals surface area contributed by atoms with E-state index in [1.807, 2.05) is 18.4 Å². The second-order valence-corrected chi connectivity index (χ2v) is 8.65. The number of nitrogens with one attached hydrogen (secondary N) is 1. The van der Waals surface area contributed by atoms with Crippen LogP contribution in [0.1, 0.15) is 10.6 Å². The molecule has 8 heteroatoms. The number of ether oxygens (including phenoxy) is 2. The third kappa shape index (κ3) is 4.23. The van der Waals surface area contributed by atoms with Crippen molar-refractivity contribution in [1.29, 1.82) is 0 Å². The number of methoxy groups -OCH3 is 2. The molecule has 0 unspecified atom stereocenters. The molecule has 27 heavy (non-hydrogen) atoms. The Bertz CT molecular complexity index is 1050. The Morgan fingerprint density at radius 1 is 1.00 bits per heavy atom. The van der Waals surface area contributed by atoms with Crippen LogP contribution in [0.25, 0.3) is 11.3 Å². The summed E-state index contributed by atoms with van der Waals surface area (Å²) in [7, 11) is -0.782. The van der Waals surface area contributed by atoms with Crippen molar-refractivity contribution in [2.45, 2.75) is 18.7 Å². The van der Waals surface area contributed by atoms with Gasteiger partial charge in [0.15, 0.2) is 0 Å². The molecule has 2 aromatic carbocycles. The summed E-state index contributed by atoms with van der Waals surface area (Å²) in [5, 5.41) is 2.84. The van der Waals surface area contributed by atoms with Crippen molar-refractivity contribution in [3.8, 4) is 22.8 Å². The van der Waals surface area contributed by atoms with Crippen LogP contribution in [0.2, 0.25) is 0 Å². The van der Waals surface area contributed by atoms with Gasteiger partial charge >= 0.3 is 0 Å². The van der Waals surface area contributed by atoms with E-state index in [9.17, 15) is 8.42 Å². The van der Waals surface area contributed by atoms with Crippen LogP contribution < -0.4 is 14.2 Å².